The standard InChI is InChI=1S/C20H21N4O5P/c1-3-29-30(27,28)15-9-7-14(8-10-15)13(2)19(25)23-17-12-22-18(24-20(17)26)16-6-4-5-11-21-16/h4-13H,3H2,1-2H3,(H,23,25)(H,27,28)(H,22,24,26). The molecule has 10 heteroatoms. The molecule has 0 fully saturated rings. The van der Waals surface area contributed by atoms with E-state index in [9.17, 15) is 19.4 Å². The van der Waals surface area contributed by atoms with Crippen molar-refractivity contribution in [3.05, 3.63) is 60.4 Å². The van der Waals surface area contributed by atoms with Crippen LogP contribution in [0.15, 0.2) is 54.9 Å². The summed E-state index contributed by atoms with van der Waals surface area (Å²) >= 11 is 0. The van der Waals surface area contributed by atoms with Crippen molar-refractivity contribution in [2.75, 3.05) is 11.9 Å². The molecule has 0 saturated heterocycles. The molecule has 1 aromatic carbocycles. The minimum absolute atomic E-state index is 0.0688. The summed E-state index contributed by atoms with van der Waals surface area (Å²) in [5.74, 6) is -1.14. The molecular weight excluding hydrogens is 407 g/mol. The molecule has 3 rings (SSSR count). The zero-order valence-electron chi connectivity index (χ0n) is 16.4. The van der Waals surface area contributed by atoms with Gasteiger partial charge in [0.25, 0.3) is 0 Å². The molecule has 9 nitrogen and oxygen atoms in total. The van der Waals surface area contributed by atoms with Crippen molar-refractivity contribution in [2.24, 2.45) is 0 Å². The van der Waals surface area contributed by atoms with Crippen LogP contribution in [0, 0.1) is 0 Å². The molecule has 0 bridgehead atoms. The third kappa shape index (κ3) is 4.88. The van der Waals surface area contributed by atoms with Gasteiger partial charge in [-0.2, -0.15) is 4.98 Å². The second-order valence-corrected chi connectivity index (χ2v) is 8.20. The first-order chi connectivity index (χ1) is 14.3. The van der Waals surface area contributed by atoms with Gasteiger partial charge in [0.1, 0.15) is 11.4 Å². The number of hydrogen-bond acceptors (Lipinski definition) is 7. The Bertz CT molecular complexity index is 1080. The van der Waals surface area contributed by atoms with Gasteiger partial charge in [-0.25, -0.2) is 4.98 Å². The number of pyridine rings is 1. The highest BCUT2D eigenvalue weighted by molar-refractivity contribution is 7.61. The van der Waals surface area contributed by atoms with Crippen molar-refractivity contribution < 1.29 is 23.9 Å². The van der Waals surface area contributed by atoms with Crippen LogP contribution < -0.4 is 10.6 Å². The molecule has 3 N–H and O–H groups in total. The van der Waals surface area contributed by atoms with E-state index in [2.05, 4.69) is 20.3 Å². The van der Waals surface area contributed by atoms with Gasteiger partial charge in [0, 0.05) is 6.20 Å². The Morgan fingerprint density at radius 1 is 1.20 bits per heavy atom. The molecule has 1 amide bonds. The van der Waals surface area contributed by atoms with E-state index in [0.29, 0.717) is 11.3 Å². The summed E-state index contributed by atoms with van der Waals surface area (Å²) in [5.41, 5.74) is 1.19. The summed E-state index contributed by atoms with van der Waals surface area (Å²) in [6.07, 6.45) is 2.90. The van der Waals surface area contributed by atoms with Gasteiger partial charge in [-0.1, -0.05) is 18.2 Å². The van der Waals surface area contributed by atoms with Gasteiger partial charge in [-0.15, -0.1) is 0 Å². The highest BCUT2D eigenvalue weighted by atomic mass is 31.2. The van der Waals surface area contributed by atoms with Gasteiger partial charge in [0.15, 0.2) is 5.82 Å². The normalized spacial score (nSPS) is 14.0. The SMILES string of the molecule is CCOP(=O)(O)c1ccc(C(C)C(=O)Nc2cnc(-c3ccccn3)nc2O)cc1. The fraction of sp³-hybridized carbons (Fsp3) is 0.200. The predicted octanol–water partition coefficient (Wildman–Crippen LogP) is 2.83. The largest absolute Gasteiger partial charge is 0.492 e. The summed E-state index contributed by atoms with van der Waals surface area (Å²) in [4.78, 5) is 34.7. The maximum Gasteiger partial charge on any atom is 0.358 e. The molecule has 0 saturated carbocycles. The first kappa shape index (κ1) is 21.6. The van der Waals surface area contributed by atoms with Crippen molar-refractivity contribution in [3.63, 3.8) is 0 Å². The Labute approximate surface area is 173 Å². The molecule has 2 aromatic heterocycles. The van der Waals surface area contributed by atoms with Crippen LogP contribution in [-0.4, -0.2) is 37.5 Å². The Kier molecular flexibility index (Phi) is 6.56. The summed E-state index contributed by atoms with van der Waals surface area (Å²) in [6.45, 7) is 3.41. The van der Waals surface area contributed by atoms with Gasteiger partial charge in [0.05, 0.1) is 24.0 Å². The fourth-order valence-electron chi connectivity index (χ4n) is 2.67. The van der Waals surface area contributed by atoms with Crippen LogP contribution in [0.25, 0.3) is 11.5 Å². The minimum Gasteiger partial charge on any atom is -0.492 e. The Morgan fingerprint density at radius 3 is 2.53 bits per heavy atom. The lowest BCUT2D eigenvalue weighted by atomic mass is 10.0. The highest BCUT2D eigenvalue weighted by Crippen LogP contribution is 2.40. The zero-order valence-corrected chi connectivity index (χ0v) is 17.3. The molecule has 2 atom stereocenters. The molecule has 0 spiro atoms. The number of hydrogen-bond donors (Lipinski definition) is 3. The molecule has 0 aliphatic rings. The van der Waals surface area contributed by atoms with E-state index < -0.39 is 19.4 Å². The van der Waals surface area contributed by atoms with Crippen molar-refractivity contribution in [1.29, 1.82) is 0 Å². The summed E-state index contributed by atoms with van der Waals surface area (Å²) in [7, 11) is -3.87. The number of anilines is 1. The van der Waals surface area contributed by atoms with E-state index in [1.165, 1.54) is 18.3 Å². The van der Waals surface area contributed by atoms with E-state index in [-0.39, 0.29) is 29.3 Å². The van der Waals surface area contributed by atoms with Crippen molar-refractivity contribution >= 4 is 24.5 Å². The van der Waals surface area contributed by atoms with E-state index in [1.54, 1.807) is 50.4 Å². The lowest BCUT2D eigenvalue weighted by Gasteiger charge is -2.15. The molecule has 30 heavy (non-hydrogen) atoms. The average molecular weight is 428 g/mol. The molecular formula is C20H21N4O5P. The average Bonchev–Trinajstić information content (AvgIpc) is 2.75. The van der Waals surface area contributed by atoms with Crippen molar-refractivity contribution in [1.82, 2.24) is 15.0 Å². The van der Waals surface area contributed by atoms with Crippen LogP contribution in [0.2, 0.25) is 0 Å². The highest BCUT2D eigenvalue weighted by Gasteiger charge is 2.23. The van der Waals surface area contributed by atoms with E-state index in [0.717, 1.165) is 0 Å². The number of aromatic hydroxyl groups is 1. The number of aromatic nitrogens is 3. The van der Waals surface area contributed by atoms with Crippen molar-refractivity contribution in [2.45, 2.75) is 19.8 Å². The third-order valence-corrected chi connectivity index (χ3v) is 5.90. The van der Waals surface area contributed by atoms with Gasteiger partial charge >= 0.3 is 7.60 Å². The number of rotatable bonds is 7. The maximum atomic E-state index is 12.6. The molecule has 0 aliphatic carbocycles. The number of carbonyl (C=O) groups is 1. The van der Waals surface area contributed by atoms with Gasteiger partial charge in [0.2, 0.25) is 11.8 Å². The van der Waals surface area contributed by atoms with Crippen LogP contribution in [0.4, 0.5) is 5.69 Å². The molecule has 3 aromatic rings. The quantitative estimate of drug-likeness (QED) is 0.489. The third-order valence-electron chi connectivity index (χ3n) is 4.34. The second-order valence-electron chi connectivity index (χ2n) is 6.39. The maximum absolute atomic E-state index is 12.6. The first-order valence-corrected chi connectivity index (χ1v) is 10.8. The zero-order chi connectivity index (χ0) is 21.7. The Morgan fingerprint density at radius 2 is 1.93 bits per heavy atom. The van der Waals surface area contributed by atoms with Crippen LogP contribution in [-0.2, 0) is 13.9 Å². The molecule has 2 heterocycles. The number of nitrogens with one attached hydrogen (secondary N) is 1. The Hall–Kier alpha value is -3.13. The van der Waals surface area contributed by atoms with Crippen LogP contribution in [0.1, 0.15) is 25.3 Å². The second kappa shape index (κ2) is 9.13. The van der Waals surface area contributed by atoms with Gasteiger partial charge < -0.3 is 19.8 Å². The van der Waals surface area contributed by atoms with E-state index in [1.807, 2.05) is 0 Å². The van der Waals surface area contributed by atoms with Crippen molar-refractivity contribution in [3.8, 4) is 17.4 Å². The van der Waals surface area contributed by atoms with Gasteiger partial charge in [-0.05, 0) is 43.7 Å². The lowest BCUT2D eigenvalue weighted by Crippen LogP contribution is -2.20. The number of carbonyl (C=O) groups excluding carboxylic acids is 1. The Balaban J connectivity index is 1.72. The van der Waals surface area contributed by atoms with Crippen LogP contribution in [0.3, 0.4) is 0 Å². The molecule has 156 valence electrons. The molecule has 0 aliphatic heterocycles. The van der Waals surface area contributed by atoms with Crippen LogP contribution in [0.5, 0.6) is 5.88 Å². The summed E-state index contributed by atoms with van der Waals surface area (Å²) < 4.78 is 16.9. The lowest BCUT2D eigenvalue weighted by molar-refractivity contribution is -0.117. The van der Waals surface area contributed by atoms with Crippen LogP contribution >= 0.6 is 7.60 Å². The monoisotopic (exact) mass is 428 g/mol. The topological polar surface area (TPSA) is 135 Å². The van der Waals surface area contributed by atoms with E-state index >= 15 is 0 Å². The predicted molar refractivity (Wildman–Crippen MR) is 111 cm³/mol. The fourth-order valence-corrected chi connectivity index (χ4v) is 3.70. The summed E-state index contributed by atoms with van der Waals surface area (Å²) in [6, 6.07) is 11.3. The minimum atomic E-state index is -3.87. The first-order valence-electron chi connectivity index (χ1n) is 9.18. The molecule has 2 unspecified atom stereocenters. The van der Waals surface area contributed by atoms with Gasteiger partial charge in [-0.3, -0.25) is 14.3 Å². The van der Waals surface area contributed by atoms with E-state index in [4.69, 9.17) is 4.52 Å². The smallest absolute Gasteiger partial charge is 0.358 e. The number of amides is 1. The number of benzene rings is 1. The molecule has 0 radical (unpaired) electrons. The number of nitrogens with zero attached hydrogens (tertiary/aromatic N) is 3. The summed E-state index contributed by atoms with van der Waals surface area (Å²) in [5, 5.41) is 12.9.